The minimum atomic E-state index is -0.261. The number of aryl methyl sites for hydroxylation is 1. The van der Waals surface area contributed by atoms with Crippen molar-refractivity contribution in [2.24, 2.45) is 0 Å². The van der Waals surface area contributed by atoms with Crippen LogP contribution in [0, 0.1) is 12.7 Å². The summed E-state index contributed by atoms with van der Waals surface area (Å²) in [5.41, 5.74) is 2.61. The lowest BCUT2D eigenvalue weighted by Crippen LogP contribution is -2.45. The van der Waals surface area contributed by atoms with E-state index in [-0.39, 0.29) is 17.8 Å². The van der Waals surface area contributed by atoms with Crippen molar-refractivity contribution < 1.29 is 9.18 Å². The highest BCUT2D eigenvalue weighted by molar-refractivity contribution is 9.10. The summed E-state index contributed by atoms with van der Waals surface area (Å²) in [6, 6.07) is 12.2. The Morgan fingerprint density at radius 1 is 1.29 bits per heavy atom. The average molecular weight is 348 g/mol. The summed E-state index contributed by atoms with van der Waals surface area (Å²) < 4.78 is 14.1. The van der Waals surface area contributed by atoms with Crippen LogP contribution in [0.1, 0.15) is 33.9 Å². The molecule has 4 heteroatoms. The van der Waals surface area contributed by atoms with Gasteiger partial charge in [-0.2, -0.15) is 0 Å². The van der Waals surface area contributed by atoms with E-state index >= 15 is 0 Å². The predicted octanol–water partition coefficient (Wildman–Crippen LogP) is 4.48. The van der Waals surface area contributed by atoms with E-state index in [1.54, 1.807) is 11.0 Å². The van der Waals surface area contributed by atoms with Gasteiger partial charge in [-0.25, -0.2) is 4.39 Å². The number of halogens is 2. The Hall–Kier alpha value is -1.68. The van der Waals surface area contributed by atoms with Crippen LogP contribution in [0.25, 0.3) is 0 Å². The number of nitrogens with zero attached hydrogens (tertiary/aromatic N) is 1. The summed E-state index contributed by atoms with van der Waals surface area (Å²) in [7, 11) is 0. The van der Waals surface area contributed by atoms with Gasteiger partial charge in [0.25, 0.3) is 5.91 Å². The van der Waals surface area contributed by atoms with Gasteiger partial charge in [0.2, 0.25) is 0 Å². The molecule has 2 aromatic carbocycles. The standard InChI is InChI=1S/C17H15BrFNO/c1-11-5-6-14(15(18)9-11)17(21)20-8-7-16(20)12-3-2-4-13(19)10-12/h2-6,9-10,16H,7-8H2,1H3. The van der Waals surface area contributed by atoms with Crippen LogP contribution in [0.4, 0.5) is 4.39 Å². The van der Waals surface area contributed by atoms with Gasteiger partial charge < -0.3 is 4.90 Å². The second-order valence-electron chi connectivity index (χ2n) is 5.34. The highest BCUT2D eigenvalue weighted by Crippen LogP contribution is 2.35. The van der Waals surface area contributed by atoms with Gasteiger partial charge in [-0.3, -0.25) is 4.79 Å². The molecule has 1 aliphatic rings. The SMILES string of the molecule is Cc1ccc(C(=O)N2CCC2c2cccc(F)c2)c(Br)c1. The molecule has 3 rings (SSSR count). The molecule has 1 fully saturated rings. The first kappa shape index (κ1) is 14.3. The second kappa shape index (κ2) is 5.60. The molecule has 1 saturated heterocycles. The molecular formula is C17H15BrFNO. The van der Waals surface area contributed by atoms with Crippen molar-refractivity contribution in [3.05, 3.63) is 69.4 Å². The second-order valence-corrected chi connectivity index (χ2v) is 6.20. The van der Waals surface area contributed by atoms with Crippen molar-refractivity contribution in [1.29, 1.82) is 0 Å². The summed E-state index contributed by atoms with van der Waals surface area (Å²) in [5.74, 6) is -0.272. The maximum absolute atomic E-state index is 13.3. The van der Waals surface area contributed by atoms with E-state index in [2.05, 4.69) is 15.9 Å². The van der Waals surface area contributed by atoms with E-state index in [1.807, 2.05) is 31.2 Å². The third-order valence-corrected chi connectivity index (χ3v) is 4.53. The number of hydrogen-bond donors (Lipinski definition) is 0. The van der Waals surface area contributed by atoms with Crippen LogP contribution in [0.15, 0.2) is 46.9 Å². The quantitative estimate of drug-likeness (QED) is 0.783. The van der Waals surface area contributed by atoms with Gasteiger partial charge in [0.15, 0.2) is 0 Å². The van der Waals surface area contributed by atoms with Crippen LogP contribution in [0.2, 0.25) is 0 Å². The molecule has 21 heavy (non-hydrogen) atoms. The van der Waals surface area contributed by atoms with Crippen molar-refractivity contribution >= 4 is 21.8 Å². The number of likely N-dealkylation sites (tertiary alicyclic amines) is 1. The summed E-state index contributed by atoms with van der Waals surface area (Å²) in [6.45, 7) is 2.69. The minimum absolute atomic E-state index is 0.0117. The molecule has 2 aromatic rings. The molecule has 1 unspecified atom stereocenters. The largest absolute Gasteiger partial charge is 0.331 e. The maximum atomic E-state index is 13.3. The normalized spacial score (nSPS) is 17.5. The van der Waals surface area contributed by atoms with Crippen LogP contribution in [0.3, 0.4) is 0 Å². The van der Waals surface area contributed by atoms with E-state index in [9.17, 15) is 9.18 Å². The lowest BCUT2D eigenvalue weighted by molar-refractivity contribution is 0.0458. The lowest BCUT2D eigenvalue weighted by atomic mass is 9.93. The lowest BCUT2D eigenvalue weighted by Gasteiger charge is -2.41. The Balaban J connectivity index is 1.85. The molecule has 108 valence electrons. The Kier molecular flexibility index (Phi) is 3.81. The Labute approximate surface area is 131 Å². The number of hydrogen-bond acceptors (Lipinski definition) is 1. The molecule has 0 aromatic heterocycles. The first-order chi connectivity index (χ1) is 10.1. The first-order valence-electron chi connectivity index (χ1n) is 6.89. The van der Waals surface area contributed by atoms with Crippen molar-refractivity contribution in [2.45, 2.75) is 19.4 Å². The summed E-state index contributed by atoms with van der Waals surface area (Å²) in [6.07, 6.45) is 0.874. The van der Waals surface area contributed by atoms with Gasteiger partial charge in [-0.05, 0) is 64.7 Å². The van der Waals surface area contributed by atoms with Crippen molar-refractivity contribution in [1.82, 2.24) is 4.90 Å². The molecular weight excluding hydrogens is 333 g/mol. The van der Waals surface area contributed by atoms with E-state index in [0.717, 1.165) is 22.0 Å². The summed E-state index contributed by atoms with van der Waals surface area (Å²) >= 11 is 3.45. The highest BCUT2D eigenvalue weighted by atomic mass is 79.9. The molecule has 0 spiro atoms. The van der Waals surface area contributed by atoms with E-state index in [1.165, 1.54) is 12.1 Å². The minimum Gasteiger partial charge on any atom is -0.331 e. The van der Waals surface area contributed by atoms with Crippen molar-refractivity contribution in [3.8, 4) is 0 Å². The monoisotopic (exact) mass is 347 g/mol. The number of carbonyl (C=O) groups is 1. The molecule has 0 saturated carbocycles. The molecule has 0 N–H and O–H groups in total. The molecule has 0 radical (unpaired) electrons. The van der Waals surface area contributed by atoms with Crippen molar-refractivity contribution in [3.63, 3.8) is 0 Å². The number of amides is 1. The van der Waals surface area contributed by atoms with Crippen LogP contribution < -0.4 is 0 Å². The molecule has 2 nitrogen and oxygen atoms in total. The molecule has 1 atom stereocenters. The van der Waals surface area contributed by atoms with Crippen molar-refractivity contribution in [2.75, 3.05) is 6.54 Å². The Morgan fingerprint density at radius 3 is 2.71 bits per heavy atom. The Bertz CT molecular complexity index is 701. The van der Waals surface area contributed by atoms with Crippen LogP contribution in [-0.2, 0) is 0 Å². The van der Waals surface area contributed by atoms with Gasteiger partial charge in [-0.1, -0.05) is 18.2 Å². The van der Waals surface area contributed by atoms with Gasteiger partial charge in [0, 0.05) is 11.0 Å². The van der Waals surface area contributed by atoms with E-state index < -0.39 is 0 Å². The zero-order chi connectivity index (χ0) is 15.0. The maximum Gasteiger partial charge on any atom is 0.255 e. The predicted molar refractivity (Wildman–Crippen MR) is 83.7 cm³/mol. The van der Waals surface area contributed by atoms with Crippen LogP contribution in [0.5, 0.6) is 0 Å². The van der Waals surface area contributed by atoms with Crippen LogP contribution >= 0.6 is 15.9 Å². The molecule has 0 aliphatic carbocycles. The van der Waals surface area contributed by atoms with Gasteiger partial charge in [0.1, 0.15) is 5.82 Å². The summed E-state index contributed by atoms with van der Waals surface area (Å²) in [5, 5.41) is 0. The Morgan fingerprint density at radius 2 is 2.10 bits per heavy atom. The molecule has 0 bridgehead atoms. The van der Waals surface area contributed by atoms with E-state index in [4.69, 9.17) is 0 Å². The molecule has 1 amide bonds. The zero-order valence-electron chi connectivity index (χ0n) is 11.6. The molecule has 1 aliphatic heterocycles. The smallest absolute Gasteiger partial charge is 0.255 e. The van der Waals surface area contributed by atoms with Gasteiger partial charge >= 0.3 is 0 Å². The third kappa shape index (κ3) is 2.72. The zero-order valence-corrected chi connectivity index (χ0v) is 13.2. The highest BCUT2D eigenvalue weighted by Gasteiger charge is 2.34. The third-order valence-electron chi connectivity index (χ3n) is 3.87. The topological polar surface area (TPSA) is 20.3 Å². The number of benzene rings is 2. The van der Waals surface area contributed by atoms with E-state index in [0.29, 0.717) is 12.1 Å². The fraction of sp³-hybridized carbons (Fsp3) is 0.235. The first-order valence-corrected chi connectivity index (χ1v) is 7.68. The fourth-order valence-electron chi connectivity index (χ4n) is 2.64. The van der Waals surface area contributed by atoms with Gasteiger partial charge in [-0.15, -0.1) is 0 Å². The summed E-state index contributed by atoms with van der Waals surface area (Å²) in [4.78, 5) is 14.4. The molecule has 1 heterocycles. The number of rotatable bonds is 2. The fourth-order valence-corrected chi connectivity index (χ4v) is 3.30. The average Bonchev–Trinajstić information content (AvgIpc) is 2.37. The van der Waals surface area contributed by atoms with Gasteiger partial charge in [0.05, 0.1) is 11.6 Å². The van der Waals surface area contributed by atoms with Crippen LogP contribution in [-0.4, -0.2) is 17.4 Å². The number of carbonyl (C=O) groups excluding carboxylic acids is 1.